The lowest BCUT2D eigenvalue weighted by atomic mass is 9.74. The Balaban J connectivity index is 1.76. The highest BCUT2D eigenvalue weighted by Gasteiger charge is 2.38. The highest BCUT2D eigenvalue weighted by Crippen LogP contribution is 2.46. The topological polar surface area (TPSA) is 75.6 Å². The smallest absolute Gasteiger partial charge is 0.225 e. The average Bonchev–Trinajstić information content (AvgIpc) is 3.17. The van der Waals surface area contributed by atoms with E-state index in [0.29, 0.717) is 28.6 Å². The third kappa shape index (κ3) is 3.30. The predicted octanol–water partition coefficient (Wildman–Crippen LogP) is 4.23. The molecule has 5 nitrogen and oxygen atoms in total. The van der Waals surface area contributed by atoms with Crippen LogP contribution in [0, 0.1) is 0 Å². The van der Waals surface area contributed by atoms with Crippen LogP contribution in [0.15, 0.2) is 45.4 Å². The van der Waals surface area contributed by atoms with Gasteiger partial charge in [-0.05, 0) is 51.5 Å². The second kappa shape index (κ2) is 7.13. The summed E-state index contributed by atoms with van der Waals surface area (Å²) in [6.45, 7) is 0. The quantitative estimate of drug-likeness (QED) is 0.737. The van der Waals surface area contributed by atoms with E-state index in [2.05, 4.69) is 21.2 Å². The Hall–Kier alpha value is -2.12. The standard InChI is InChI=1S/C20H18BrNO4S/c1-26-16-8-10(5-13(21)20(16)25)12-9-18(24)22-14-6-11(7-15(23)19(12)14)17-3-2-4-27-17/h2-5,8,11-12,25H,6-7,9H2,1H3,(H,22,24)/t11-,12-/m1/s1. The lowest BCUT2D eigenvalue weighted by Crippen LogP contribution is -2.38. The number of ketones is 1. The molecule has 1 aromatic heterocycles. The number of thiophene rings is 1. The Kier molecular flexibility index (Phi) is 4.82. The third-order valence-electron chi connectivity index (χ3n) is 5.15. The number of Topliss-reactive ketones (excluding diaryl/α,β-unsaturated/α-hetero) is 1. The minimum absolute atomic E-state index is 0.00319. The fraction of sp³-hybridized carbons (Fsp3) is 0.300. The number of hydrogen-bond acceptors (Lipinski definition) is 5. The molecular formula is C20H18BrNO4S. The SMILES string of the molecule is COc1cc([C@H]2CC(=O)NC3=C2C(=O)C[C@H](c2cccs2)C3)cc(Br)c1O. The second-order valence-electron chi connectivity index (χ2n) is 6.79. The zero-order valence-corrected chi connectivity index (χ0v) is 17.0. The lowest BCUT2D eigenvalue weighted by molar-refractivity contribution is -0.122. The van der Waals surface area contributed by atoms with Crippen molar-refractivity contribution in [2.24, 2.45) is 0 Å². The zero-order valence-electron chi connectivity index (χ0n) is 14.6. The number of halogens is 1. The van der Waals surface area contributed by atoms with Crippen molar-refractivity contribution >= 4 is 39.0 Å². The van der Waals surface area contributed by atoms with Crippen molar-refractivity contribution in [2.75, 3.05) is 7.11 Å². The van der Waals surface area contributed by atoms with Gasteiger partial charge in [-0.2, -0.15) is 0 Å². The number of ether oxygens (including phenoxy) is 1. The van der Waals surface area contributed by atoms with Crippen molar-refractivity contribution in [3.05, 3.63) is 55.8 Å². The van der Waals surface area contributed by atoms with Gasteiger partial charge < -0.3 is 15.2 Å². The summed E-state index contributed by atoms with van der Waals surface area (Å²) in [5.41, 5.74) is 2.19. The van der Waals surface area contributed by atoms with Gasteiger partial charge in [0, 0.05) is 40.8 Å². The minimum atomic E-state index is -0.337. The molecule has 2 aromatic rings. The fourth-order valence-electron chi connectivity index (χ4n) is 3.92. The summed E-state index contributed by atoms with van der Waals surface area (Å²) in [6.07, 6.45) is 1.30. The normalized spacial score (nSPS) is 22.4. The molecular weight excluding hydrogens is 430 g/mol. The van der Waals surface area contributed by atoms with Gasteiger partial charge >= 0.3 is 0 Å². The number of hydrogen-bond donors (Lipinski definition) is 2. The van der Waals surface area contributed by atoms with Gasteiger partial charge in [0.25, 0.3) is 0 Å². The van der Waals surface area contributed by atoms with Gasteiger partial charge in [0.2, 0.25) is 5.91 Å². The molecule has 0 fully saturated rings. The van der Waals surface area contributed by atoms with Gasteiger partial charge in [-0.15, -0.1) is 11.3 Å². The lowest BCUT2D eigenvalue weighted by Gasteiger charge is -2.34. The number of phenols is 1. The van der Waals surface area contributed by atoms with Crippen LogP contribution in [0.4, 0.5) is 0 Å². The summed E-state index contributed by atoms with van der Waals surface area (Å²) in [5, 5.41) is 15.0. The summed E-state index contributed by atoms with van der Waals surface area (Å²) >= 11 is 4.97. The number of carbonyl (C=O) groups is 2. The summed E-state index contributed by atoms with van der Waals surface area (Å²) in [7, 11) is 1.47. The van der Waals surface area contributed by atoms with E-state index in [0.717, 1.165) is 11.3 Å². The summed E-state index contributed by atoms with van der Waals surface area (Å²) in [6, 6.07) is 7.48. The molecule has 2 aliphatic rings. The van der Waals surface area contributed by atoms with E-state index in [-0.39, 0.29) is 35.7 Å². The molecule has 0 unspecified atom stereocenters. The Morgan fingerprint density at radius 2 is 2.07 bits per heavy atom. The molecule has 140 valence electrons. The van der Waals surface area contributed by atoms with E-state index < -0.39 is 0 Å². The molecule has 1 amide bonds. The zero-order chi connectivity index (χ0) is 19.1. The van der Waals surface area contributed by atoms with E-state index >= 15 is 0 Å². The molecule has 1 aliphatic carbocycles. The molecule has 27 heavy (non-hydrogen) atoms. The van der Waals surface area contributed by atoms with Crippen LogP contribution in [0.5, 0.6) is 11.5 Å². The first kappa shape index (κ1) is 18.3. The van der Waals surface area contributed by atoms with Crippen LogP contribution in [-0.4, -0.2) is 23.9 Å². The number of methoxy groups -OCH3 is 1. The van der Waals surface area contributed by atoms with Gasteiger partial charge in [-0.1, -0.05) is 6.07 Å². The van der Waals surface area contributed by atoms with Crippen LogP contribution >= 0.6 is 27.3 Å². The molecule has 0 radical (unpaired) electrons. The summed E-state index contributed by atoms with van der Waals surface area (Å²) in [5.74, 6) is 0.0627. The number of allylic oxidation sites excluding steroid dienone is 2. The van der Waals surface area contributed by atoms with Crippen molar-refractivity contribution in [2.45, 2.75) is 31.1 Å². The minimum Gasteiger partial charge on any atom is -0.503 e. The number of rotatable bonds is 3. The van der Waals surface area contributed by atoms with Gasteiger partial charge in [0.1, 0.15) is 0 Å². The van der Waals surface area contributed by atoms with E-state index in [1.54, 1.807) is 23.5 Å². The van der Waals surface area contributed by atoms with Gasteiger partial charge in [0.05, 0.1) is 11.6 Å². The molecule has 0 spiro atoms. The third-order valence-corrected chi connectivity index (χ3v) is 6.79. The number of carbonyl (C=O) groups excluding carboxylic acids is 2. The van der Waals surface area contributed by atoms with E-state index in [1.165, 1.54) is 12.0 Å². The van der Waals surface area contributed by atoms with Crippen LogP contribution in [-0.2, 0) is 9.59 Å². The van der Waals surface area contributed by atoms with Crippen molar-refractivity contribution in [1.82, 2.24) is 5.32 Å². The molecule has 0 saturated heterocycles. The van der Waals surface area contributed by atoms with Gasteiger partial charge in [-0.25, -0.2) is 0 Å². The first-order chi connectivity index (χ1) is 13.0. The first-order valence-electron chi connectivity index (χ1n) is 8.63. The average molecular weight is 448 g/mol. The maximum atomic E-state index is 13.0. The number of nitrogens with one attached hydrogen (secondary N) is 1. The first-order valence-corrected chi connectivity index (χ1v) is 10.3. The fourth-order valence-corrected chi connectivity index (χ4v) is 5.21. The van der Waals surface area contributed by atoms with Crippen LogP contribution in [0.25, 0.3) is 0 Å². The molecule has 2 atom stereocenters. The Labute approximate surface area is 169 Å². The number of benzene rings is 1. The molecule has 0 saturated carbocycles. The van der Waals surface area contributed by atoms with Crippen molar-refractivity contribution in [3.8, 4) is 11.5 Å². The highest BCUT2D eigenvalue weighted by molar-refractivity contribution is 9.10. The van der Waals surface area contributed by atoms with Crippen molar-refractivity contribution in [3.63, 3.8) is 0 Å². The molecule has 7 heteroatoms. The Morgan fingerprint density at radius 1 is 1.26 bits per heavy atom. The van der Waals surface area contributed by atoms with Crippen molar-refractivity contribution in [1.29, 1.82) is 0 Å². The molecule has 1 aromatic carbocycles. The molecule has 1 aliphatic heterocycles. The van der Waals surface area contributed by atoms with Crippen LogP contribution < -0.4 is 10.1 Å². The number of aromatic hydroxyl groups is 1. The maximum Gasteiger partial charge on any atom is 0.225 e. The maximum absolute atomic E-state index is 13.0. The monoisotopic (exact) mass is 447 g/mol. The Morgan fingerprint density at radius 3 is 2.78 bits per heavy atom. The van der Waals surface area contributed by atoms with E-state index in [9.17, 15) is 14.7 Å². The Bertz CT molecular complexity index is 951. The van der Waals surface area contributed by atoms with Gasteiger partial charge in [0.15, 0.2) is 17.3 Å². The number of phenolic OH excluding ortho intramolecular Hbond substituents is 1. The number of amides is 1. The van der Waals surface area contributed by atoms with Crippen molar-refractivity contribution < 1.29 is 19.4 Å². The molecule has 4 rings (SSSR count). The highest BCUT2D eigenvalue weighted by atomic mass is 79.9. The van der Waals surface area contributed by atoms with Gasteiger partial charge in [-0.3, -0.25) is 9.59 Å². The van der Waals surface area contributed by atoms with Crippen LogP contribution in [0.2, 0.25) is 0 Å². The molecule has 0 bridgehead atoms. The van der Waals surface area contributed by atoms with Crippen LogP contribution in [0.1, 0.15) is 41.5 Å². The molecule has 2 N–H and O–H groups in total. The predicted molar refractivity (Wildman–Crippen MR) is 106 cm³/mol. The molecule has 2 heterocycles. The largest absolute Gasteiger partial charge is 0.503 e. The van der Waals surface area contributed by atoms with E-state index in [1.807, 2.05) is 17.5 Å². The second-order valence-corrected chi connectivity index (χ2v) is 8.63. The van der Waals surface area contributed by atoms with Crippen LogP contribution in [0.3, 0.4) is 0 Å². The van der Waals surface area contributed by atoms with E-state index in [4.69, 9.17) is 4.74 Å². The summed E-state index contributed by atoms with van der Waals surface area (Å²) < 4.78 is 5.71. The summed E-state index contributed by atoms with van der Waals surface area (Å²) in [4.78, 5) is 26.6.